The lowest BCUT2D eigenvalue weighted by Crippen LogP contribution is -2.09. The maximum atomic E-state index is 11.0. The zero-order valence-electron chi connectivity index (χ0n) is 8.22. The first-order chi connectivity index (χ1) is 5.57. The third-order valence-electron chi connectivity index (χ3n) is 1.64. The van der Waals surface area contributed by atoms with E-state index in [0.29, 0.717) is 24.5 Å². The van der Waals surface area contributed by atoms with Gasteiger partial charge in [-0.3, -0.25) is 0 Å². The monoisotopic (exact) mass is 170 g/mol. The van der Waals surface area contributed by atoms with Crippen LogP contribution in [-0.4, -0.2) is 12.6 Å². The van der Waals surface area contributed by atoms with E-state index in [1.54, 1.807) is 0 Å². The van der Waals surface area contributed by atoms with Gasteiger partial charge in [0.1, 0.15) is 0 Å². The van der Waals surface area contributed by atoms with E-state index in [0.717, 1.165) is 6.42 Å². The lowest BCUT2D eigenvalue weighted by Gasteiger charge is -2.06. The second-order valence-corrected chi connectivity index (χ2v) is 3.28. The van der Waals surface area contributed by atoms with Gasteiger partial charge in [0.15, 0.2) is 0 Å². The highest BCUT2D eigenvalue weighted by Gasteiger charge is 2.05. The Bertz CT molecular complexity index is 159. The SMILES string of the molecule is C=C(CC)C(=O)OCCC(C)C. The van der Waals surface area contributed by atoms with E-state index in [9.17, 15) is 4.79 Å². The fraction of sp³-hybridized carbons (Fsp3) is 0.700. The minimum Gasteiger partial charge on any atom is -0.462 e. The van der Waals surface area contributed by atoms with E-state index in [1.165, 1.54) is 0 Å². The van der Waals surface area contributed by atoms with E-state index >= 15 is 0 Å². The molecule has 0 bridgehead atoms. The number of esters is 1. The molecule has 0 aliphatic heterocycles. The summed E-state index contributed by atoms with van der Waals surface area (Å²) >= 11 is 0. The predicted octanol–water partition coefficient (Wildman–Crippen LogP) is 2.54. The third-order valence-corrected chi connectivity index (χ3v) is 1.64. The molecule has 0 atom stereocenters. The van der Waals surface area contributed by atoms with Crippen LogP contribution in [0.4, 0.5) is 0 Å². The van der Waals surface area contributed by atoms with Crippen LogP contribution >= 0.6 is 0 Å². The van der Waals surface area contributed by atoms with E-state index in [4.69, 9.17) is 4.74 Å². The van der Waals surface area contributed by atoms with Gasteiger partial charge in [-0.15, -0.1) is 0 Å². The summed E-state index contributed by atoms with van der Waals surface area (Å²) in [4.78, 5) is 11.0. The zero-order valence-corrected chi connectivity index (χ0v) is 8.22. The first kappa shape index (κ1) is 11.2. The van der Waals surface area contributed by atoms with Crippen LogP contribution in [0.25, 0.3) is 0 Å². The summed E-state index contributed by atoms with van der Waals surface area (Å²) in [5.41, 5.74) is 0.554. The van der Waals surface area contributed by atoms with Gasteiger partial charge >= 0.3 is 5.97 Å². The lowest BCUT2D eigenvalue weighted by molar-refractivity contribution is -0.139. The summed E-state index contributed by atoms with van der Waals surface area (Å²) in [6.07, 6.45) is 1.59. The molecular formula is C10H18O2. The van der Waals surface area contributed by atoms with Crippen molar-refractivity contribution in [3.05, 3.63) is 12.2 Å². The summed E-state index contributed by atoms with van der Waals surface area (Å²) in [6.45, 7) is 10.2. The van der Waals surface area contributed by atoms with E-state index in [1.807, 2.05) is 6.92 Å². The summed E-state index contributed by atoms with van der Waals surface area (Å²) in [5.74, 6) is 0.325. The van der Waals surface area contributed by atoms with Crippen LogP contribution < -0.4 is 0 Å². The van der Waals surface area contributed by atoms with Crippen LogP contribution in [0.5, 0.6) is 0 Å². The Labute approximate surface area is 74.6 Å². The van der Waals surface area contributed by atoms with Crippen molar-refractivity contribution in [2.24, 2.45) is 5.92 Å². The molecule has 0 N–H and O–H groups in total. The zero-order chi connectivity index (χ0) is 9.56. The molecule has 0 spiro atoms. The number of hydrogen-bond acceptors (Lipinski definition) is 2. The largest absolute Gasteiger partial charge is 0.462 e. The molecule has 0 saturated heterocycles. The number of rotatable bonds is 5. The molecule has 2 nitrogen and oxygen atoms in total. The Morgan fingerprint density at radius 3 is 2.50 bits per heavy atom. The van der Waals surface area contributed by atoms with Crippen LogP contribution in [0.15, 0.2) is 12.2 Å². The van der Waals surface area contributed by atoms with Crippen molar-refractivity contribution in [1.29, 1.82) is 0 Å². The van der Waals surface area contributed by atoms with Gasteiger partial charge in [0.05, 0.1) is 6.61 Å². The molecule has 0 radical (unpaired) electrons. The predicted molar refractivity (Wildman–Crippen MR) is 49.8 cm³/mol. The molecule has 0 aromatic heterocycles. The van der Waals surface area contributed by atoms with Gasteiger partial charge in [0, 0.05) is 5.57 Å². The molecule has 0 unspecified atom stereocenters. The maximum absolute atomic E-state index is 11.0. The van der Waals surface area contributed by atoms with Gasteiger partial charge < -0.3 is 4.74 Å². The second-order valence-electron chi connectivity index (χ2n) is 3.28. The van der Waals surface area contributed by atoms with E-state index in [2.05, 4.69) is 20.4 Å². The van der Waals surface area contributed by atoms with Crippen molar-refractivity contribution >= 4 is 5.97 Å². The summed E-state index contributed by atoms with van der Waals surface area (Å²) in [6, 6.07) is 0. The Morgan fingerprint density at radius 2 is 2.08 bits per heavy atom. The van der Waals surface area contributed by atoms with Gasteiger partial charge in [-0.2, -0.15) is 0 Å². The van der Waals surface area contributed by atoms with Gasteiger partial charge in [0.25, 0.3) is 0 Å². The van der Waals surface area contributed by atoms with Crippen molar-refractivity contribution in [3.63, 3.8) is 0 Å². The van der Waals surface area contributed by atoms with E-state index in [-0.39, 0.29) is 5.97 Å². The fourth-order valence-electron chi connectivity index (χ4n) is 0.634. The smallest absolute Gasteiger partial charge is 0.333 e. The van der Waals surface area contributed by atoms with Crippen LogP contribution in [-0.2, 0) is 9.53 Å². The minimum atomic E-state index is -0.252. The Morgan fingerprint density at radius 1 is 1.50 bits per heavy atom. The Hall–Kier alpha value is -0.790. The van der Waals surface area contributed by atoms with Crippen LogP contribution in [0, 0.1) is 5.92 Å². The minimum absolute atomic E-state index is 0.252. The maximum Gasteiger partial charge on any atom is 0.333 e. The van der Waals surface area contributed by atoms with Crippen molar-refractivity contribution in [2.45, 2.75) is 33.6 Å². The van der Waals surface area contributed by atoms with Gasteiger partial charge in [-0.05, 0) is 18.8 Å². The van der Waals surface area contributed by atoms with Gasteiger partial charge in [-0.25, -0.2) is 4.79 Å². The van der Waals surface area contributed by atoms with Crippen molar-refractivity contribution in [2.75, 3.05) is 6.61 Å². The Kier molecular flexibility index (Phi) is 5.43. The quantitative estimate of drug-likeness (QED) is 0.468. The fourth-order valence-corrected chi connectivity index (χ4v) is 0.634. The summed E-state index contributed by atoms with van der Waals surface area (Å²) < 4.78 is 4.97. The summed E-state index contributed by atoms with van der Waals surface area (Å²) in [7, 11) is 0. The summed E-state index contributed by atoms with van der Waals surface area (Å²) in [5, 5.41) is 0. The molecular weight excluding hydrogens is 152 g/mol. The first-order valence-corrected chi connectivity index (χ1v) is 4.42. The van der Waals surface area contributed by atoms with Crippen molar-refractivity contribution in [1.82, 2.24) is 0 Å². The molecule has 0 rings (SSSR count). The first-order valence-electron chi connectivity index (χ1n) is 4.42. The standard InChI is InChI=1S/C10H18O2/c1-5-9(4)10(11)12-7-6-8(2)3/h8H,4-7H2,1-3H3. The molecule has 2 heteroatoms. The average molecular weight is 170 g/mol. The molecule has 70 valence electrons. The van der Waals surface area contributed by atoms with Crippen molar-refractivity contribution < 1.29 is 9.53 Å². The number of carbonyl (C=O) groups excluding carboxylic acids is 1. The molecule has 0 fully saturated rings. The van der Waals surface area contributed by atoms with Crippen LogP contribution in [0.2, 0.25) is 0 Å². The molecule has 12 heavy (non-hydrogen) atoms. The second kappa shape index (κ2) is 5.81. The average Bonchev–Trinajstić information content (AvgIpc) is 2.02. The molecule has 0 amide bonds. The van der Waals surface area contributed by atoms with Gasteiger partial charge in [-0.1, -0.05) is 27.4 Å². The van der Waals surface area contributed by atoms with Crippen LogP contribution in [0.1, 0.15) is 33.6 Å². The highest BCUT2D eigenvalue weighted by atomic mass is 16.5. The Balaban J connectivity index is 3.51. The van der Waals surface area contributed by atoms with Gasteiger partial charge in [0.2, 0.25) is 0 Å². The molecule has 0 saturated carbocycles. The highest BCUT2D eigenvalue weighted by Crippen LogP contribution is 2.03. The molecule has 0 aliphatic rings. The lowest BCUT2D eigenvalue weighted by atomic mass is 10.1. The molecule has 0 aliphatic carbocycles. The number of carbonyl (C=O) groups is 1. The van der Waals surface area contributed by atoms with Crippen molar-refractivity contribution in [3.8, 4) is 0 Å². The van der Waals surface area contributed by atoms with E-state index < -0.39 is 0 Å². The number of ether oxygens (including phenoxy) is 1. The number of hydrogen-bond donors (Lipinski definition) is 0. The molecule has 0 heterocycles. The third kappa shape index (κ3) is 4.94. The molecule has 0 aromatic rings. The highest BCUT2D eigenvalue weighted by molar-refractivity contribution is 5.87. The topological polar surface area (TPSA) is 26.3 Å². The van der Waals surface area contributed by atoms with Crippen LogP contribution in [0.3, 0.4) is 0 Å². The normalized spacial score (nSPS) is 10.0. The molecule has 0 aromatic carbocycles.